The molecule has 0 radical (unpaired) electrons. The minimum atomic E-state index is -0.453. The van der Waals surface area contributed by atoms with Crippen molar-refractivity contribution in [1.82, 2.24) is 4.98 Å². The first-order chi connectivity index (χ1) is 16.1. The summed E-state index contributed by atoms with van der Waals surface area (Å²) in [4.78, 5) is 34.8. The molecule has 1 saturated heterocycles. The molecule has 0 N–H and O–H groups in total. The lowest BCUT2D eigenvalue weighted by atomic mass is 10.1. The number of thiazole rings is 1. The van der Waals surface area contributed by atoms with Gasteiger partial charge in [-0.05, 0) is 42.1 Å². The Morgan fingerprint density at radius 1 is 1.06 bits per heavy atom. The van der Waals surface area contributed by atoms with Gasteiger partial charge in [-0.15, -0.1) is 11.3 Å². The number of furan rings is 1. The molecule has 3 heterocycles. The Bertz CT molecular complexity index is 1390. The Morgan fingerprint density at radius 3 is 2.61 bits per heavy atom. The maximum atomic E-state index is 13.3. The number of nitro benzene ring substituents is 1. The summed E-state index contributed by atoms with van der Waals surface area (Å²) in [5.74, 6) is 0.508. The number of nitrogens with zero attached hydrogens (tertiary/aromatic N) is 4. The zero-order valence-corrected chi connectivity index (χ0v) is 18.5. The normalized spacial score (nSPS) is 16.1. The van der Waals surface area contributed by atoms with Gasteiger partial charge in [0.05, 0.1) is 21.1 Å². The second-order valence-electron chi connectivity index (χ2n) is 6.77. The monoisotopic (exact) mass is 474 g/mol. The van der Waals surface area contributed by atoms with E-state index in [0.717, 1.165) is 0 Å². The average molecular weight is 475 g/mol. The third-order valence-corrected chi connectivity index (χ3v) is 6.33. The van der Waals surface area contributed by atoms with Gasteiger partial charge >= 0.3 is 0 Å². The van der Waals surface area contributed by atoms with Crippen LogP contribution in [-0.4, -0.2) is 21.0 Å². The highest BCUT2D eigenvalue weighted by Gasteiger charge is 2.35. The summed E-state index contributed by atoms with van der Waals surface area (Å²) >= 11 is 2.59. The molecule has 0 spiro atoms. The van der Waals surface area contributed by atoms with Gasteiger partial charge in [0.25, 0.3) is 11.6 Å². The van der Waals surface area contributed by atoms with Gasteiger partial charge < -0.3 is 4.42 Å². The molecule has 1 aliphatic heterocycles. The van der Waals surface area contributed by atoms with Crippen LogP contribution in [0, 0.1) is 10.1 Å². The Morgan fingerprint density at radius 2 is 1.85 bits per heavy atom. The molecule has 33 heavy (non-hydrogen) atoms. The van der Waals surface area contributed by atoms with Crippen LogP contribution < -0.4 is 4.90 Å². The summed E-state index contributed by atoms with van der Waals surface area (Å²) < 4.78 is 5.84. The van der Waals surface area contributed by atoms with Crippen LogP contribution in [0.2, 0.25) is 0 Å². The first kappa shape index (κ1) is 20.9. The van der Waals surface area contributed by atoms with Gasteiger partial charge in [0, 0.05) is 23.7 Å². The van der Waals surface area contributed by atoms with Crippen molar-refractivity contribution in [3.8, 4) is 11.3 Å². The number of anilines is 1. The number of carbonyl (C=O) groups is 1. The molecule has 1 amide bonds. The van der Waals surface area contributed by atoms with Crippen molar-refractivity contribution >= 4 is 56.8 Å². The zero-order chi connectivity index (χ0) is 22.8. The fourth-order valence-corrected chi connectivity index (χ4v) is 4.78. The minimum Gasteiger partial charge on any atom is -0.456 e. The quantitative estimate of drug-likeness (QED) is 0.196. The third-order valence-electron chi connectivity index (χ3n) is 4.70. The van der Waals surface area contributed by atoms with E-state index in [9.17, 15) is 14.9 Å². The van der Waals surface area contributed by atoms with E-state index in [0.29, 0.717) is 38.0 Å². The first-order valence-corrected chi connectivity index (χ1v) is 11.4. The molecular weight excluding hydrogens is 460 g/mol. The fourth-order valence-electron chi connectivity index (χ4n) is 3.25. The first-order valence-electron chi connectivity index (χ1n) is 9.71. The van der Waals surface area contributed by atoms with Crippen molar-refractivity contribution < 1.29 is 14.1 Å². The number of rotatable bonds is 5. The number of benzene rings is 2. The highest BCUT2D eigenvalue weighted by atomic mass is 32.2. The maximum absolute atomic E-state index is 13.3. The number of hydrogen-bond acceptors (Lipinski definition) is 8. The number of aliphatic imine (C=N–C) groups is 1. The predicted octanol–water partition coefficient (Wildman–Crippen LogP) is 6.12. The van der Waals surface area contributed by atoms with Crippen molar-refractivity contribution in [1.29, 1.82) is 0 Å². The van der Waals surface area contributed by atoms with Gasteiger partial charge in [0.15, 0.2) is 5.17 Å². The van der Waals surface area contributed by atoms with E-state index in [2.05, 4.69) is 9.98 Å². The van der Waals surface area contributed by atoms with Crippen LogP contribution in [0.5, 0.6) is 0 Å². The van der Waals surface area contributed by atoms with Crippen LogP contribution in [0.25, 0.3) is 17.4 Å². The van der Waals surface area contributed by atoms with Crippen LogP contribution in [0.1, 0.15) is 5.76 Å². The fraction of sp³-hybridized carbons (Fsp3) is 0. The minimum absolute atomic E-state index is 0.0505. The number of para-hydroxylation sites is 2. The van der Waals surface area contributed by atoms with Gasteiger partial charge in [-0.3, -0.25) is 19.8 Å². The van der Waals surface area contributed by atoms with Gasteiger partial charge in [-0.25, -0.2) is 4.98 Å². The topological polar surface area (TPSA) is 102 Å². The van der Waals surface area contributed by atoms with E-state index in [4.69, 9.17) is 4.42 Å². The molecule has 8 nitrogen and oxygen atoms in total. The SMILES string of the molecule is O=C1/C(=C\c2ccc(-c3ccccc3[N+](=O)[O-])o2)S/C(=N/c2nccs2)N1c1ccccc1. The van der Waals surface area contributed by atoms with Gasteiger partial charge in [-0.1, -0.05) is 30.3 Å². The smallest absolute Gasteiger partial charge is 0.280 e. The standard InChI is InChI=1S/C23H14N4O4S2/c28-21-20(14-16-10-11-19(31-16)17-8-4-5-9-18(17)27(29)30)33-23(25-22-24-12-13-32-22)26(21)15-6-2-1-3-7-15/h1-14H/b20-14+,25-23+. The Hall–Kier alpha value is -4.02. The van der Waals surface area contributed by atoms with Gasteiger partial charge in [-0.2, -0.15) is 4.99 Å². The number of carbonyl (C=O) groups excluding carboxylic acids is 1. The Kier molecular flexibility index (Phi) is 5.59. The maximum Gasteiger partial charge on any atom is 0.280 e. The molecule has 4 aromatic rings. The number of hydrogen-bond donors (Lipinski definition) is 0. The second kappa shape index (κ2) is 8.85. The van der Waals surface area contributed by atoms with Crippen LogP contribution >= 0.6 is 23.1 Å². The molecule has 0 atom stereocenters. The summed E-state index contributed by atoms with van der Waals surface area (Å²) in [6.45, 7) is 0. The molecule has 2 aromatic carbocycles. The van der Waals surface area contributed by atoms with Gasteiger partial charge in [0.2, 0.25) is 5.13 Å². The van der Waals surface area contributed by atoms with E-state index in [1.165, 1.54) is 34.1 Å². The lowest BCUT2D eigenvalue weighted by Gasteiger charge is -2.14. The summed E-state index contributed by atoms with van der Waals surface area (Å²) in [6, 6.07) is 18.9. The molecule has 10 heteroatoms. The molecule has 0 aliphatic carbocycles. The summed E-state index contributed by atoms with van der Waals surface area (Å²) in [5.41, 5.74) is 1.01. The van der Waals surface area contributed by atoms with Crippen LogP contribution in [-0.2, 0) is 4.79 Å². The second-order valence-corrected chi connectivity index (χ2v) is 8.65. The molecule has 162 valence electrons. The van der Waals surface area contributed by atoms with Crippen molar-refractivity contribution in [3.05, 3.63) is 99.1 Å². The van der Waals surface area contributed by atoms with Crippen LogP contribution in [0.15, 0.2) is 92.6 Å². The number of thioether (sulfide) groups is 1. The predicted molar refractivity (Wildman–Crippen MR) is 130 cm³/mol. The number of aromatic nitrogens is 1. The average Bonchev–Trinajstić information content (AvgIpc) is 3.57. The van der Waals surface area contributed by atoms with E-state index in [1.807, 2.05) is 35.7 Å². The van der Waals surface area contributed by atoms with E-state index >= 15 is 0 Å². The molecule has 2 aromatic heterocycles. The molecule has 5 rings (SSSR count). The summed E-state index contributed by atoms with van der Waals surface area (Å²) in [7, 11) is 0. The number of amidine groups is 1. The Balaban J connectivity index is 1.51. The van der Waals surface area contributed by atoms with Crippen molar-refractivity contribution in [2.45, 2.75) is 0 Å². The highest BCUT2D eigenvalue weighted by molar-refractivity contribution is 8.19. The highest BCUT2D eigenvalue weighted by Crippen LogP contribution is 2.38. The van der Waals surface area contributed by atoms with Gasteiger partial charge in [0.1, 0.15) is 11.5 Å². The molecule has 0 saturated carbocycles. The zero-order valence-electron chi connectivity index (χ0n) is 16.8. The van der Waals surface area contributed by atoms with Crippen molar-refractivity contribution in [2.75, 3.05) is 4.90 Å². The van der Waals surface area contributed by atoms with Crippen LogP contribution in [0.3, 0.4) is 0 Å². The summed E-state index contributed by atoms with van der Waals surface area (Å²) in [6.07, 6.45) is 3.27. The molecular formula is C23H14N4O4S2. The largest absolute Gasteiger partial charge is 0.456 e. The van der Waals surface area contributed by atoms with Crippen molar-refractivity contribution in [2.24, 2.45) is 4.99 Å². The molecule has 0 unspecified atom stereocenters. The van der Waals surface area contributed by atoms with Crippen molar-refractivity contribution in [3.63, 3.8) is 0 Å². The molecule has 1 aliphatic rings. The lowest BCUT2D eigenvalue weighted by Crippen LogP contribution is -2.28. The third kappa shape index (κ3) is 4.21. The Labute approximate surface area is 196 Å². The summed E-state index contributed by atoms with van der Waals surface area (Å²) in [5, 5.41) is 14.2. The van der Waals surface area contributed by atoms with E-state index in [1.54, 1.807) is 42.6 Å². The molecule has 1 fully saturated rings. The number of amides is 1. The lowest BCUT2D eigenvalue weighted by molar-refractivity contribution is -0.384. The van der Waals surface area contributed by atoms with E-state index < -0.39 is 4.92 Å². The van der Waals surface area contributed by atoms with Crippen LogP contribution in [0.4, 0.5) is 16.5 Å². The number of nitro groups is 1. The molecule has 0 bridgehead atoms. The van der Waals surface area contributed by atoms with E-state index in [-0.39, 0.29) is 11.6 Å².